The zero-order chi connectivity index (χ0) is 41.5. The normalized spacial score (nSPS) is 11.6. The highest BCUT2D eigenvalue weighted by atomic mass is 16.6. The minimum Gasteiger partial charge on any atom is -0.462 e. The van der Waals surface area contributed by atoms with Crippen LogP contribution in [0.5, 0.6) is 0 Å². The van der Waals surface area contributed by atoms with E-state index in [1.54, 1.807) is 0 Å². The van der Waals surface area contributed by atoms with E-state index in [1.807, 2.05) is 0 Å². The number of hydrogen-bond acceptors (Lipinski definition) is 6. The molecule has 0 aromatic carbocycles. The van der Waals surface area contributed by atoms with Gasteiger partial charge in [0.05, 0.1) is 0 Å². The molecule has 0 aromatic heterocycles. The highest BCUT2D eigenvalue weighted by Gasteiger charge is 2.19. The average Bonchev–Trinajstić information content (AvgIpc) is 3.21. The lowest BCUT2D eigenvalue weighted by Gasteiger charge is -2.18. The molecule has 0 aliphatic carbocycles. The smallest absolute Gasteiger partial charge is 0.306 e. The van der Waals surface area contributed by atoms with Gasteiger partial charge in [0.25, 0.3) is 0 Å². The Kier molecular flexibility index (Phi) is 44.9. The molecule has 0 rings (SSSR count). The summed E-state index contributed by atoms with van der Waals surface area (Å²) < 4.78 is 16.7. The fourth-order valence-corrected chi connectivity index (χ4v) is 7.14. The summed E-state index contributed by atoms with van der Waals surface area (Å²) in [5, 5.41) is 0. The van der Waals surface area contributed by atoms with Crippen LogP contribution in [0.4, 0.5) is 0 Å². The van der Waals surface area contributed by atoms with Crippen molar-refractivity contribution < 1.29 is 28.6 Å². The van der Waals surface area contributed by atoms with Gasteiger partial charge in [0.15, 0.2) is 6.10 Å². The molecular weight excluding hydrogens is 709 g/mol. The summed E-state index contributed by atoms with van der Waals surface area (Å²) in [7, 11) is 0. The summed E-state index contributed by atoms with van der Waals surface area (Å²) in [4.78, 5) is 37.8. The van der Waals surface area contributed by atoms with E-state index in [0.29, 0.717) is 19.3 Å². The van der Waals surface area contributed by atoms with Crippen LogP contribution in [0.1, 0.15) is 265 Å². The van der Waals surface area contributed by atoms with Crippen molar-refractivity contribution in [3.8, 4) is 0 Å². The molecule has 0 aliphatic rings. The largest absolute Gasteiger partial charge is 0.462 e. The molecule has 0 unspecified atom stereocenters. The first kappa shape index (κ1) is 54.9. The van der Waals surface area contributed by atoms with Gasteiger partial charge >= 0.3 is 17.9 Å². The predicted molar refractivity (Wildman–Crippen MR) is 243 cm³/mol. The first-order chi connectivity index (χ1) is 28.0. The Morgan fingerprint density at radius 1 is 0.333 bits per heavy atom. The molecule has 0 N–H and O–H groups in total. The lowest BCUT2D eigenvalue weighted by molar-refractivity contribution is -0.167. The Labute approximate surface area is 353 Å². The van der Waals surface area contributed by atoms with Crippen LogP contribution in [0.25, 0.3) is 0 Å². The second-order valence-electron chi connectivity index (χ2n) is 16.7. The lowest BCUT2D eigenvalue weighted by atomic mass is 10.1. The van der Waals surface area contributed by atoms with E-state index in [2.05, 4.69) is 45.1 Å². The van der Waals surface area contributed by atoms with Gasteiger partial charge in [-0.2, -0.15) is 0 Å². The molecule has 0 bridgehead atoms. The molecule has 57 heavy (non-hydrogen) atoms. The van der Waals surface area contributed by atoms with Crippen molar-refractivity contribution in [1.29, 1.82) is 0 Å². The molecular formula is C51H94O6. The summed E-state index contributed by atoms with van der Waals surface area (Å²) in [5.41, 5.74) is 0. The molecule has 0 atom stereocenters. The quantitative estimate of drug-likeness (QED) is 0.0264. The summed E-state index contributed by atoms with van der Waals surface area (Å²) >= 11 is 0. The number of esters is 3. The van der Waals surface area contributed by atoms with Gasteiger partial charge in [0.2, 0.25) is 0 Å². The third-order valence-corrected chi connectivity index (χ3v) is 10.9. The van der Waals surface area contributed by atoms with Crippen LogP contribution >= 0.6 is 0 Å². The Morgan fingerprint density at radius 2 is 0.579 bits per heavy atom. The van der Waals surface area contributed by atoms with Crippen LogP contribution in [0.3, 0.4) is 0 Å². The molecule has 0 amide bonds. The molecule has 0 saturated heterocycles. The molecule has 6 heteroatoms. The minimum atomic E-state index is -0.771. The first-order valence-electron chi connectivity index (χ1n) is 24.8. The van der Waals surface area contributed by atoms with E-state index in [0.717, 1.165) is 70.6 Å². The molecule has 0 saturated carbocycles. The van der Waals surface area contributed by atoms with Gasteiger partial charge in [-0.3, -0.25) is 14.4 Å². The number of rotatable bonds is 45. The van der Waals surface area contributed by atoms with Crippen LogP contribution in [-0.4, -0.2) is 37.2 Å². The van der Waals surface area contributed by atoms with E-state index in [4.69, 9.17) is 14.2 Å². The van der Waals surface area contributed by atoms with Crippen LogP contribution in [0.15, 0.2) is 24.3 Å². The van der Waals surface area contributed by atoms with E-state index in [1.165, 1.54) is 154 Å². The molecule has 0 spiro atoms. The lowest BCUT2D eigenvalue weighted by Crippen LogP contribution is -2.30. The third kappa shape index (κ3) is 44.8. The number of allylic oxidation sites excluding steroid dienone is 4. The van der Waals surface area contributed by atoms with Crippen LogP contribution in [-0.2, 0) is 28.6 Å². The summed E-state index contributed by atoms with van der Waals surface area (Å²) in [6, 6.07) is 0. The second-order valence-corrected chi connectivity index (χ2v) is 16.7. The molecule has 6 nitrogen and oxygen atoms in total. The van der Waals surface area contributed by atoms with Gasteiger partial charge in [-0.05, 0) is 70.6 Å². The second kappa shape index (κ2) is 46.6. The zero-order valence-electron chi connectivity index (χ0n) is 38.1. The van der Waals surface area contributed by atoms with Gasteiger partial charge in [-0.15, -0.1) is 0 Å². The topological polar surface area (TPSA) is 78.9 Å². The molecule has 0 fully saturated rings. The Morgan fingerprint density at radius 3 is 0.877 bits per heavy atom. The summed E-state index contributed by atoms with van der Waals surface area (Å²) in [6.45, 7) is 6.61. The van der Waals surface area contributed by atoms with Crippen molar-refractivity contribution in [3.63, 3.8) is 0 Å². The Hall–Kier alpha value is -2.11. The Bertz CT molecular complexity index is 871. The number of carbonyl (C=O) groups excluding carboxylic acids is 3. The van der Waals surface area contributed by atoms with E-state index < -0.39 is 6.10 Å². The fourth-order valence-electron chi connectivity index (χ4n) is 7.14. The average molecular weight is 803 g/mol. The predicted octanol–water partition coefficient (Wildman–Crippen LogP) is 16.0. The van der Waals surface area contributed by atoms with Gasteiger partial charge in [-0.25, -0.2) is 0 Å². The van der Waals surface area contributed by atoms with Crippen molar-refractivity contribution in [3.05, 3.63) is 24.3 Å². The van der Waals surface area contributed by atoms with Crippen molar-refractivity contribution >= 4 is 17.9 Å². The van der Waals surface area contributed by atoms with Gasteiger partial charge in [-0.1, -0.05) is 199 Å². The standard InChI is InChI=1S/C51H94O6/c1-4-7-10-13-16-19-21-23-25-27-29-32-34-37-40-43-49(52)55-46-48(57-51(54)45-42-39-36-31-18-15-12-9-6-3)47-56-50(53)44-41-38-35-33-30-28-26-24-22-20-17-14-11-8-5-2/h23-26,48H,4-22,27-47H2,1-3H3/b25-23+,26-24+. The molecule has 0 aliphatic heterocycles. The van der Waals surface area contributed by atoms with Gasteiger partial charge in [0, 0.05) is 19.3 Å². The highest BCUT2D eigenvalue weighted by Crippen LogP contribution is 2.14. The van der Waals surface area contributed by atoms with Gasteiger partial charge in [0.1, 0.15) is 13.2 Å². The number of unbranched alkanes of at least 4 members (excludes halogenated alkanes) is 30. The number of hydrogen-bond donors (Lipinski definition) is 0. The van der Waals surface area contributed by atoms with Crippen LogP contribution < -0.4 is 0 Å². The number of carbonyl (C=O) groups is 3. The fraction of sp³-hybridized carbons (Fsp3) is 0.863. The zero-order valence-corrected chi connectivity index (χ0v) is 38.1. The minimum absolute atomic E-state index is 0.0753. The molecule has 334 valence electrons. The third-order valence-electron chi connectivity index (χ3n) is 10.9. The first-order valence-corrected chi connectivity index (χ1v) is 24.8. The maximum absolute atomic E-state index is 12.7. The van der Waals surface area contributed by atoms with Crippen molar-refractivity contribution in [2.75, 3.05) is 13.2 Å². The SMILES string of the molecule is CCCCCCCC/C=C/CCCCCCCC(=O)OCC(COC(=O)CCCCCCC/C=C/CCCCCCCC)OC(=O)CCCCCCCCCCC. The van der Waals surface area contributed by atoms with E-state index in [-0.39, 0.29) is 31.1 Å². The van der Waals surface area contributed by atoms with Crippen LogP contribution in [0.2, 0.25) is 0 Å². The Balaban J connectivity index is 4.31. The van der Waals surface area contributed by atoms with Crippen molar-refractivity contribution in [2.45, 2.75) is 271 Å². The van der Waals surface area contributed by atoms with Crippen molar-refractivity contribution in [1.82, 2.24) is 0 Å². The monoisotopic (exact) mass is 803 g/mol. The summed E-state index contributed by atoms with van der Waals surface area (Å²) in [5.74, 6) is -0.885. The number of ether oxygens (including phenoxy) is 3. The molecule has 0 aromatic rings. The van der Waals surface area contributed by atoms with E-state index in [9.17, 15) is 14.4 Å². The van der Waals surface area contributed by atoms with Crippen LogP contribution in [0, 0.1) is 0 Å². The maximum atomic E-state index is 12.7. The maximum Gasteiger partial charge on any atom is 0.306 e. The van der Waals surface area contributed by atoms with E-state index >= 15 is 0 Å². The molecule has 0 heterocycles. The summed E-state index contributed by atoms with van der Waals surface area (Å²) in [6.07, 6.45) is 51.6. The van der Waals surface area contributed by atoms with Gasteiger partial charge < -0.3 is 14.2 Å². The van der Waals surface area contributed by atoms with Crippen molar-refractivity contribution in [2.24, 2.45) is 0 Å². The molecule has 0 radical (unpaired) electrons. The highest BCUT2D eigenvalue weighted by molar-refractivity contribution is 5.71.